The maximum atomic E-state index is 2.26. The lowest BCUT2D eigenvalue weighted by Crippen LogP contribution is -1.92. The molecule has 0 saturated heterocycles. The normalized spacial score (nSPS) is 15.3. The molecule has 1 unspecified atom stereocenters. The summed E-state index contributed by atoms with van der Waals surface area (Å²) in [6.45, 7) is 8.73. The first-order valence-corrected chi connectivity index (χ1v) is 3.68. The molecule has 0 heteroatoms. The van der Waals surface area contributed by atoms with Crippen LogP contribution >= 0.6 is 0 Å². The first-order chi connectivity index (χ1) is 4.22. The van der Waals surface area contributed by atoms with E-state index in [9.17, 15) is 0 Å². The maximum absolute atomic E-state index is 2.26. The van der Waals surface area contributed by atoms with Gasteiger partial charge in [0.05, 0.1) is 11.6 Å². The van der Waals surface area contributed by atoms with E-state index in [4.69, 9.17) is 0 Å². The van der Waals surface area contributed by atoms with E-state index in [0.29, 0.717) is 0 Å². The van der Waals surface area contributed by atoms with E-state index in [1.807, 2.05) is 0 Å². The molecule has 0 N–H and O–H groups in total. The van der Waals surface area contributed by atoms with Crippen LogP contribution in [0.2, 0.25) is 0 Å². The number of hydrogen-bond donors (Lipinski definition) is 0. The molecule has 0 aliphatic rings. The molecule has 0 radical (unpaired) electrons. The quantitative estimate of drug-likeness (QED) is 0.508. The van der Waals surface area contributed by atoms with Crippen LogP contribution in [0, 0.1) is 12.3 Å². The summed E-state index contributed by atoms with van der Waals surface area (Å²) in [6, 6.07) is 0. The molecule has 1 atom stereocenters. The Morgan fingerprint density at radius 1 is 1.67 bits per heavy atom. The Bertz CT molecular complexity index is 90.2. The molecule has 0 rings (SSSR count). The largest absolute Gasteiger partial charge is 0.0918 e. The number of hydrogen-bond acceptors (Lipinski definition) is 0. The lowest BCUT2D eigenvalue weighted by atomic mass is 9.99. The summed E-state index contributed by atoms with van der Waals surface area (Å²) in [5, 5.41) is 0. The van der Waals surface area contributed by atoms with E-state index in [-0.39, 0.29) is 0 Å². The van der Waals surface area contributed by atoms with E-state index in [1.54, 1.807) is 0 Å². The zero-order valence-electron chi connectivity index (χ0n) is 6.94. The maximum Gasteiger partial charge on any atom is 0.0918 e. The monoisotopic (exact) mass is 125 g/mol. The second-order valence-electron chi connectivity index (χ2n) is 2.55. The zero-order valence-corrected chi connectivity index (χ0v) is 6.94. The average Bonchev–Trinajstić information content (AvgIpc) is 1.87. The Kier molecular flexibility index (Phi) is 4.29. The van der Waals surface area contributed by atoms with Crippen LogP contribution in [-0.2, 0) is 0 Å². The lowest BCUT2D eigenvalue weighted by molar-refractivity contribution is 0.655. The van der Waals surface area contributed by atoms with Crippen LogP contribution in [-0.4, -0.2) is 0 Å². The van der Waals surface area contributed by atoms with Gasteiger partial charge in [-0.25, -0.2) is 0 Å². The number of allylic oxidation sites excluding steroid dienone is 2. The summed E-state index contributed by atoms with van der Waals surface area (Å²) in [6.07, 6.45) is 5.53. The fourth-order valence-electron chi connectivity index (χ4n) is 0.749. The van der Waals surface area contributed by atoms with Crippen molar-refractivity contribution in [1.82, 2.24) is 0 Å². The van der Waals surface area contributed by atoms with Crippen LogP contribution in [0.3, 0.4) is 0 Å². The second kappa shape index (κ2) is 4.49. The summed E-state index contributed by atoms with van der Waals surface area (Å²) in [4.78, 5) is 0. The van der Waals surface area contributed by atoms with E-state index >= 15 is 0 Å². The fraction of sp³-hybridized carbons (Fsp3) is 0.667. The molecule has 0 aromatic heterocycles. The van der Waals surface area contributed by atoms with Crippen molar-refractivity contribution in [1.29, 1.82) is 0 Å². The SMILES string of the molecule is C[CH+]C=C(C)C(C)CC. The molecule has 0 saturated carbocycles. The first-order valence-electron chi connectivity index (χ1n) is 3.68. The summed E-state index contributed by atoms with van der Waals surface area (Å²) >= 11 is 0. The van der Waals surface area contributed by atoms with Gasteiger partial charge in [0.25, 0.3) is 0 Å². The van der Waals surface area contributed by atoms with Gasteiger partial charge in [-0.3, -0.25) is 0 Å². The van der Waals surface area contributed by atoms with Gasteiger partial charge in [0.2, 0.25) is 0 Å². The summed E-state index contributed by atoms with van der Waals surface area (Å²) < 4.78 is 0. The van der Waals surface area contributed by atoms with Gasteiger partial charge in [0.15, 0.2) is 0 Å². The molecule has 0 heterocycles. The predicted octanol–water partition coefficient (Wildman–Crippen LogP) is 3.20. The average molecular weight is 125 g/mol. The number of rotatable bonds is 3. The Balaban J connectivity index is 3.70. The van der Waals surface area contributed by atoms with Crippen LogP contribution in [0.15, 0.2) is 11.6 Å². The van der Waals surface area contributed by atoms with Crippen molar-refractivity contribution in [2.24, 2.45) is 5.92 Å². The van der Waals surface area contributed by atoms with Crippen molar-refractivity contribution in [3.8, 4) is 0 Å². The van der Waals surface area contributed by atoms with Crippen molar-refractivity contribution < 1.29 is 0 Å². The van der Waals surface area contributed by atoms with E-state index < -0.39 is 0 Å². The molecule has 0 nitrogen and oxygen atoms in total. The minimum absolute atomic E-state index is 0.751. The molecule has 0 aromatic rings. The van der Waals surface area contributed by atoms with Crippen molar-refractivity contribution in [2.45, 2.75) is 34.1 Å². The van der Waals surface area contributed by atoms with Gasteiger partial charge in [-0.15, -0.1) is 0 Å². The molecule has 0 amide bonds. The second-order valence-corrected chi connectivity index (χ2v) is 2.55. The third kappa shape index (κ3) is 3.23. The van der Waals surface area contributed by atoms with Gasteiger partial charge in [-0.1, -0.05) is 6.92 Å². The highest BCUT2D eigenvalue weighted by molar-refractivity contribution is 5.06. The summed E-state index contributed by atoms with van der Waals surface area (Å²) in [7, 11) is 0. The summed E-state index contributed by atoms with van der Waals surface area (Å²) in [5.74, 6) is 0.751. The molecule has 9 heavy (non-hydrogen) atoms. The molecular formula is C9H17+. The van der Waals surface area contributed by atoms with Gasteiger partial charge < -0.3 is 0 Å². The van der Waals surface area contributed by atoms with Gasteiger partial charge in [0.1, 0.15) is 0 Å². The molecule has 52 valence electrons. The minimum atomic E-state index is 0.751. The molecule has 0 aliphatic heterocycles. The van der Waals surface area contributed by atoms with Crippen LogP contribution in [0.5, 0.6) is 0 Å². The Labute approximate surface area is 59.0 Å². The van der Waals surface area contributed by atoms with Crippen molar-refractivity contribution in [3.05, 3.63) is 18.1 Å². The highest BCUT2D eigenvalue weighted by Crippen LogP contribution is 2.12. The van der Waals surface area contributed by atoms with Crippen LogP contribution in [0.1, 0.15) is 34.1 Å². The highest BCUT2D eigenvalue weighted by atomic mass is 14.0. The Hall–Kier alpha value is -0.390. The molecule has 0 spiro atoms. The Morgan fingerprint density at radius 3 is 2.56 bits per heavy atom. The molecule has 0 fully saturated rings. The van der Waals surface area contributed by atoms with Gasteiger partial charge in [-0.05, 0) is 13.3 Å². The minimum Gasteiger partial charge on any atom is -0.0631 e. The standard InChI is InChI=1S/C9H17/c1-5-7-9(4)8(3)6-2/h5,7-8H,6H2,1-4H3/q+1. The summed E-state index contributed by atoms with van der Waals surface area (Å²) in [5.41, 5.74) is 1.49. The zero-order chi connectivity index (χ0) is 7.28. The van der Waals surface area contributed by atoms with Gasteiger partial charge in [-0.2, -0.15) is 0 Å². The van der Waals surface area contributed by atoms with Crippen LogP contribution < -0.4 is 0 Å². The molecule has 0 aromatic carbocycles. The lowest BCUT2D eigenvalue weighted by Gasteiger charge is -1.99. The van der Waals surface area contributed by atoms with Crippen molar-refractivity contribution in [3.63, 3.8) is 0 Å². The predicted molar refractivity (Wildman–Crippen MR) is 43.2 cm³/mol. The van der Waals surface area contributed by atoms with E-state index in [1.165, 1.54) is 12.0 Å². The van der Waals surface area contributed by atoms with Crippen LogP contribution in [0.25, 0.3) is 0 Å². The topological polar surface area (TPSA) is 0 Å². The smallest absolute Gasteiger partial charge is 0.0631 e. The highest BCUT2D eigenvalue weighted by Gasteiger charge is 2.05. The van der Waals surface area contributed by atoms with Crippen molar-refractivity contribution >= 4 is 0 Å². The van der Waals surface area contributed by atoms with Crippen molar-refractivity contribution in [2.75, 3.05) is 0 Å². The van der Waals surface area contributed by atoms with Crippen LogP contribution in [0.4, 0.5) is 0 Å². The molecule has 0 aliphatic carbocycles. The van der Waals surface area contributed by atoms with E-state index in [2.05, 4.69) is 40.2 Å². The third-order valence-electron chi connectivity index (χ3n) is 1.82. The molecule has 0 bridgehead atoms. The van der Waals surface area contributed by atoms with Gasteiger partial charge >= 0.3 is 0 Å². The van der Waals surface area contributed by atoms with Gasteiger partial charge in [0, 0.05) is 26.2 Å². The molecular weight excluding hydrogens is 108 g/mol. The third-order valence-corrected chi connectivity index (χ3v) is 1.82. The fourth-order valence-corrected chi connectivity index (χ4v) is 0.749. The Morgan fingerprint density at radius 2 is 2.22 bits per heavy atom. The van der Waals surface area contributed by atoms with E-state index in [0.717, 1.165) is 5.92 Å². The first kappa shape index (κ1) is 8.61.